The van der Waals surface area contributed by atoms with E-state index in [0.29, 0.717) is 11.4 Å². The third-order valence-corrected chi connectivity index (χ3v) is 4.84. The van der Waals surface area contributed by atoms with Crippen LogP contribution in [-0.4, -0.2) is 65.4 Å². The second-order valence-corrected chi connectivity index (χ2v) is 8.25. The molecule has 12 nitrogen and oxygen atoms in total. The van der Waals surface area contributed by atoms with Crippen LogP contribution in [0.25, 0.3) is 0 Å². The van der Waals surface area contributed by atoms with E-state index >= 15 is 0 Å². The molecule has 1 aromatic carbocycles. The summed E-state index contributed by atoms with van der Waals surface area (Å²) in [4.78, 5) is 71.7. The third-order valence-electron chi connectivity index (χ3n) is 4.84. The van der Waals surface area contributed by atoms with Crippen molar-refractivity contribution in [2.45, 2.75) is 51.6 Å². The van der Waals surface area contributed by atoms with Crippen molar-refractivity contribution in [3.63, 3.8) is 0 Å². The number of carboxylic acids is 2. The maximum absolute atomic E-state index is 13.0. The summed E-state index contributed by atoms with van der Waals surface area (Å²) < 4.78 is 5.10. The number of carbonyl (C=O) groups is 6. The predicted molar refractivity (Wildman–Crippen MR) is 124 cm³/mol. The van der Waals surface area contributed by atoms with Crippen LogP contribution in [0.5, 0.6) is 5.75 Å². The number of hydrogen-bond donors (Lipinski definition) is 5. The van der Waals surface area contributed by atoms with Crippen molar-refractivity contribution >= 4 is 41.6 Å². The lowest BCUT2D eigenvalue weighted by Gasteiger charge is -2.23. The SMILES string of the molecule is COc1cccc(NC(=O)C(CCC(=O)O)NC(=O)C(CC(C)C)C(=O)NC(C=O)CC(=O)O)c1. The first kappa shape index (κ1) is 29.1. The first-order valence-electron chi connectivity index (χ1n) is 10.9. The molecule has 0 saturated carbocycles. The molecular formula is C23H31N3O9. The van der Waals surface area contributed by atoms with Gasteiger partial charge in [0.25, 0.3) is 0 Å². The van der Waals surface area contributed by atoms with Crippen LogP contribution in [-0.2, 0) is 28.8 Å². The Kier molecular flexibility index (Phi) is 11.9. The molecule has 3 atom stereocenters. The van der Waals surface area contributed by atoms with Crippen LogP contribution in [0.2, 0.25) is 0 Å². The molecule has 0 fully saturated rings. The molecule has 35 heavy (non-hydrogen) atoms. The van der Waals surface area contributed by atoms with E-state index in [1.165, 1.54) is 13.2 Å². The Morgan fingerprint density at radius 2 is 1.66 bits per heavy atom. The quantitative estimate of drug-likeness (QED) is 0.174. The molecule has 0 aliphatic rings. The highest BCUT2D eigenvalue weighted by Gasteiger charge is 2.32. The van der Waals surface area contributed by atoms with Gasteiger partial charge in [-0.15, -0.1) is 0 Å². The number of anilines is 1. The lowest BCUT2D eigenvalue weighted by Crippen LogP contribution is -2.51. The minimum Gasteiger partial charge on any atom is -0.497 e. The van der Waals surface area contributed by atoms with Gasteiger partial charge < -0.3 is 35.7 Å². The zero-order valence-corrected chi connectivity index (χ0v) is 19.8. The van der Waals surface area contributed by atoms with Crippen molar-refractivity contribution in [2.75, 3.05) is 12.4 Å². The van der Waals surface area contributed by atoms with Crippen molar-refractivity contribution in [2.24, 2.45) is 11.8 Å². The van der Waals surface area contributed by atoms with E-state index < -0.39 is 60.5 Å². The summed E-state index contributed by atoms with van der Waals surface area (Å²) in [5.74, 6) is -5.95. The zero-order chi connectivity index (χ0) is 26.5. The average Bonchev–Trinajstić information content (AvgIpc) is 2.78. The topological polar surface area (TPSA) is 188 Å². The van der Waals surface area contributed by atoms with Crippen LogP contribution < -0.4 is 20.7 Å². The van der Waals surface area contributed by atoms with Crippen molar-refractivity contribution in [1.29, 1.82) is 0 Å². The van der Waals surface area contributed by atoms with Crippen LogP contribution in [0.15, 0.2) is 24.3 Å². The van der Waals surface area contributed by atoms with Gasteiger partial charge in [-0.2, -0.15) is 0 Å². The van der Waals surface area contributed by atoms with Gasteiger partial charge in [0.05, 0.1) is 19.6 Å². The monoisotopic (exact) mass is 493 g/mol. The molecule has 0 bridgehead atoms. The molecule has 192 valence electrons. The van der Waals surface area contributed by atoms with Gasteiger partial charge in [0.15, 0.2) is 0 Å². The first-order chi connectivity index (χ1) is 16.5. The summed E-state index contributed by atoms with van der Waals surface area (Å²) in [5.41, 5.74) is 0.350. The van der Waals surface area contributed by atoms with Gasteiger partial charge in [0, 0.05) is 18.2 Å². The minimum absolute atomic E-state index is 0.0411. The Bertz CT molecular complexity index is 933. The summed E-state index contributed by atoms with van der Waals surface area (Å²) in [6, 6.07) is 3.78. The molecule has 0 aromatic heterocycles. The van der Waals surface area contributed by atoms with E-state index in [4.69, 9.17) is 14.9 Å². The molecule has 0 aliphatic heterocycles. The summed E-state index contributed by atoms with van der Waals surface area (Å²) in [5, 5.41) is 25.2. The van der Waals surface area contributed by atoms with Gasteiger partial charge in [0.1, 0.15) is 24.0 Å². The summed E-state index contributed by atoms with van der Waals surface area (Å²) >= 11 is 0. The molecule has 12 heteroatoms. The number of carbonyl (C=O) groups excluding carboxylic acids is 4. The number of amides is 3. The van der Waals surface area contributed by atoms with E-state index in [1.54, 1.807) is 32.0 Å². The fourth-order valence-electron chi connectivity index (χ4n) is 3.15. The van der Waals surface area contributed by atoms with Crippen molar-refractivity contribution < 1.29 is 43.7 Å². The first-order valence-corrected chi connectivity index (χ1v) is 10.9. The maximum Gasteiger partial charge on any atom is 0.305 e. The van der Waals surface area contributed by atoms with Crippen LogP contribution in [0.1, 0.15) is 39.5 Å². The molecule has 1 rings (SSSR count). The maximum atomic E-state index is 13.0. The smallest absolute Gasteiger partial charge is 0.305 e. The van der Waals surface area contributed by atoms with Gasteiger partial charge in [-0.05, 0) is 30.9 Å². The van der Waals surface area contributed by atoms with Crippen LogP contribution >= 0.6 is 0 Å². The Morgan fingerprint density at radius 1 is 1.00 bits per heavy atom. The standard InChI is InChI=1S/C23H31N3O9/c1-13(2)9-17(21(32)25-15(12-27)11-20(30)31)22(33)26-18(7-8-19(28)29)23(34)24-14-5-4-6-16(10-14)35-3/h4-6,10,12-13,15,17-18H,7-9,11H2,1-3H3,(H,24,34)(H,25,32)(H,26,33)(H,28,29)(H,30,31). The minimum atomic E-state index is -1.34. The van der Waals surface area contributed by atoms with Crippen molar-refractivity contribution in [1.82, 2.24) is 10.6 Å². The molecule has 3 amide bonds. The lowest BCUT2D eigenvalue weighted by atomic mass is 9.94. The number of hydrogen-bond acceptors (Lipinski definition) is 7. The molecule has 0 saturated heterocycles. The van der Waals surface area contributed by atoms with Crippen LogP contribution in [0.3, 0.4) is 0 Å². The van der Waals surface area contributed by atoms with Crippen LogP contribution in [0.4, 0.5) is 5.69 Å². The summed E-state index contributed by atoms with van der Waals surface area (Å²) in [7, 11) is 1.45. The summed E-state index contributed by atoms with van der Waals surface area (Å²) in [6.45, 7) is 3.50. The van der Waals surface area contributed by atoms with Gasteiger partial charge >= 0.3 is 11.9 Å². The number of benzene rings is 1. The summed E-state index contributed by atoms with van der Waals surface area (Å²) in [6.07, 6.45) is -1.03. The molecule has 5 N–H and O–H groups in total. The molecule has 0 spiro atoms. The van der Waals surface area contributed by atoms with E-state index in [2.05, 4.69) is 16.0 Å². The fourth-order valence-corrected chi connectivity index (χ4v) is 3.15. The Morgan fingerprint density at radius 3 is 2.20 bits per heavy atom. The molecule has 0 radical (unpaired) electrons. The van der Waals surface area contributed by atoms with E-state index in [1.807, 2.05) is 0 Å². The number of rotatable bonds is 15. The highest BCUT2D eigenvalue weighted by molar-refractivity contribution is 6.04. The van der Waals surface area contributed by atoms with Crippen molar-refractivity contribution in [3.8, 4) is 5.75 Å². The second kappa shape index (κ2) is 14.3. The Labute approximate surface area is 202 Å². The molecular weight excluding hydrogens is 462 g/mol. The van der Waals surface area contributed by atoms with Gasteiger partial charge in [-0.25, -0.2) is 0 Å². The van der Waals surface area contributed by atoms with Crippen molar-refractivity contribution in [3.05, 3.63) is 24.3 Å². The molecule has 1 aromatic rings. The highest BCUT2D eigenvalue weighted by atomic mass is 16.5. The van der Waals surface area contributed by atoms with Gasteiger partial charge in [-0.3, -0.25) is 24.0 Å². The molecule has 3 unspecified atom stereocenters. The predicted octanol–water partition coefficient (Wildman–Crippen LogP) is 0.804. The normalized spacial score (nSPS) is 13.1. The number of ether oxygens (including phenoxy) is 1. The lowest BCUT2D eigenvalue weighted by molar-refractivity contribution is -0.141. The number of carboxylic acid groups (broad SMARTS) is 2. The van der Waals surface area contributed by atoms with Gasteiger partial charge in [-0.1, -0.05) is 19.9 Å². The van der Waals surface area contributed by atoms with Gasteiger partial charge in [0.2, 0.25) is 17.7 Å². The molecule has 0 heterocycles. The zero-order valence-electron chi connectivity index (χ0n) is 19.8. The number of aldehydes is 1. The number of methoxy groups -OCH3 is 1. The number of aliphatic carboxylic acids is 2. The molecule has 0 aliphatic carbocycles. The van der Waals surface area contributed by atoms with E-state index in [-0.39, 0.29) is 25.0 Å². The van der Waals surface area contributed by atoms with Crippen LogP contribution in [0, 0.1) is 11.8 Å². The fraction of sp³-hybridized carbons (Fsp3) is 0.478. The average molecular weight is 494 g/mol. The highest BCUT2D eigenvalue weighted by Crippen LogP contribution is 2.18. The van der Waals surface area contributed by atoms with E-state index in [0.717, 1.165) is 0 Å². The van der Waals surface area contributed by atoms with E-state index in [9.17, 15) is 28.8 Å². The largest absolute Gasteiger partial charge is 0.497 e. The third kappa shape index (κ3) is 10.7. The number of nitrogens with one attached hydrogen (secondary N) is 3. The Hall–Kier alpha value is -3.96. The second-order valence-electron chi connectivity index (χ2n) is 8.25. The Balaban J connectivity index is 3.06.